The quantitative estimate of drug-likeness (QED) is 0.734. The largest absolute Gasteiger partial charge is 0.461 e. The highest BCUT2D eigenvalue weighted by Crippen LogP contribution is 2.35. The van der Waals surface area contributed by atoms with Gasteiger partial charge in [-0.25, -0.2) is 4.79 Å². The van der Waals surface area contributed by atoms with Crippen molar-refractivity contribution in [1.82, 2.24) is 9.47 Å². The lowest BCUT2D eigenvalue weighted by molar-refractivity contribution is 0.0464. The van der Waals surface area contributed by atoms with E-state index in [0.717, 1.165) is 36.8 Å². The van der Waals surface area contributed by atoms with Crippen LogP contribution in [0.25, 0.3) is 10.9 Å². The Bertz CT molecular complexity index is 789. The van der Waals surface area contributed by atoms with Crippen molar-refractivity contribution >= 4 is 16.9 Å². The maximum Gasteiger partial charge on any atom is 0.343 e. The standard InChI is InChI=1S/C19H24N2O3/c1-3-20(4-2)11-12-24-19(23)16-13-14-7-5-6-8-17(14)21(18(16)22)15-9-10-15/h5-8,13,15H,3-4,9-12H2,1-2H3. The van der Waals surface area contributed by atoms with Crippen LogP contribution in [-0.2, 0) is 4.74 Å². The van der Waals surface area contributed by atoms with Gasteiger partial charge in [-0.1, -0.05) is 32.0 Å². The highest BCUT2D eigenvalue weighted by molar-refractivity contribution is 5.93. The van der Waals surface area contributed by atoms with Crippen LogP contribution in [0.5, 0.6) is 0 Å². The van der Waals surface area contributed by atoms with Crippen LogP contribution in [0.4, 0.5) is 0 Å². The first-order valence-corrected chi connectivity index (χ1v) is 8.69. The zero-order chi connectivity index (χ0) is 17.1. The fourth-order valence-corrected chi connectivity index (χ4v) is 3.01. The summed E-state index contributed by atoms with van der Waals surface area (Å²) in [5.74, 6) is -0.521. The predicted octanol–water partition coefficient (Wildman–Crippen LogP) is 2.84. The molecular weight excluding hydrogens is 304 g/mol. The van der Waals surface area contributed by atoms with Gasteiger partial charge in [-0.15, -0.1) is 0 Å². The first kappa shape index (κ1) is 16.7. The van der Waals surface area contributed by atoms with Crippen molar-refractivity contribution in [1.29, 1.82) is 0 Å². The Morgan fingerprint density at radius 3 is 2.62 bits per heavy atom. The third-order valence-corrected chi connectivity index (χ3v) is 4.61. The molecule has 0 aliphatic heterocycles. The average Bonchev–Trinajstić information content (AvgIpc) is 3.42. The van der Waals surface area contributed by atoms with E-state index in [1.54, 1.807) is 10.6 Å². The summed E-state index contributed by atoms with van der Waals surface area (Å²) in [6.45, 7) is 6.96. The topological polar surface area (TPSA) is 51.5 Å². The van der Waals surface area contributed by atoms with Crippen LogP contribution in [0.1, 0.15) is 43.1 Å². The Hall–Kier alpha value is -2.14. The summed E-state index contributed by atoms with van der Waals surface area (Å²) in [6.07, 6.45) is 1.98. The van der Waals surface area contributed by atoms with E-state index in [1.807, 2.05) is 24.3 Å². The minimum atomic E-state index is -0.521. The molecule has 0 unspecified atom stereocenters. The summed E-state index contributed by atoms with van der Waals surface area (Å²) >= 11 is 0. The van der Waals surface area contributed by atoms with E-state index in [0.29, 0.717) is 13.2 Å². The monoisotopic (exact) mass is 328 g/mol. The van der Waals surface area contributed by atoms with Crippen LogP contribution < -0.4 is 5.56 Å². The van der Waals surface area contributed by atoms with E-state index in [-0.39, 0.29) is 17.2 Å². The van der Waals surface area contributed by atoms with Crippen molar-refractivity contribution in [2.24, 2.45) is 0 Å². The number of likely N-dealkylation sites (N-methyl/N-ethyl adjacent to an activating group) is 1. The smallest absolute Gasteiger partial charge is 0.343 e. The summed E-state index contributed by atoms with van der Waals surface area (Å²) in [5.41, 5.74) is 0.800. The molecule has 3 rings (SSSR count). The number of nitrogens with zero attached hydrogens (tertiary/aromatic N) is 2. The van der Waals surface area contributed by atoms with E-state index in [2.05, 4.69) is 18.7 Å². The molecule has 24 heavy (non-hydrogen) atoms. The molecule has 1 heterocycles. The van der Waals surface area contributed by atoms with Crippen LogP contribution in [0.15, 0.2) is 35.1 Å². The summed E-state index contributed by atoms with van der Waals surface area (Å²) < 4.78 is 7.11. The van der Waals surface area contributed by atoms with Gasteiger partial charge in [-0.2, -0.15) is 0 Å². The number of esters is 1. The SMILES string of the molecule is CCN(CC)CCOC(=O)c1cc2ccccc2n(C2CC2)c1=O. The van der Waals surface area contributed by atoms with E-state index in [4.69, 9.17) is 4.74 Å². The number of benzene rings is 1. The lowest BCUT2D eigenvalue weighted by atomic mass is 10.1. The van der Waals surface area contributed by atoms with Crippen molar-refractivity contribution in [3.8, 4) is 0 Å². The fourth-order valence-electron chi connectivity index (χ4n) is 3.01. The zero-order valence-corrected chi connectivity index (χ0v) is 14.3. The molecule has 1 aromatic carbocycles. The van der Waals surface area contributed by atoms with Gasteiger partial charge in [-0.3, -0.25) is 4.79 Å². The molecule has 0 bridgehead atoms. The molecule has 1 saturated carbocycles. The van der Waals surface area contributed by atoms with Gasteiger partial charge in [0, 0.05) is 12.6 Å². The number of ether oxygens (including phenoxy) is 1. The number of pyridine rings is 1. The Balaban J connectivity index is 1.85. The zero-order valence-electron chi connectivity index (χ0n) is 14.3. The molecule has 5 nitrogen and oxygen atoms in total. The second-order valence-corrected chi connectivity index (χ2v) is 6.19. The van der Waals surface area contributed by atoms with Gasteiger partial charge >= 0.3 is 5.97 Å². The van der Waals surface area contributed by atoms with Gasteiger partial charge in [0.25, 0.3) is 5.56 Å². The van der Waals surface area contributed by atoms with Crippen molar-refractivity contribution in [2.75, 3.05) is 26.2 Å². The molecule has 1 aliphatic rings. The third kappa shape index (κ3) is 3.36. The molecule has 1 aliphatic carbocycles. The molecule has 128 valence electrons. The summed E-state index contributed by atoms with van der Waals surface area (Å²) in [5, 5.41) is 0.902. The minimum absolute atomic E-state index is 0.139. The molecule has 0 radical (unpaired) electrons. The second kappa shape index (κ2) is 7.18. The Morgan fingerprint density at radius 1 is 1.25 bits per heavy atom. The van der Waals surface area contributed by atoms with Crippen molar-refractivity contribution in [3.63, 3.8) is 0 Å². The molecule has 0 saturated heterocycles. The molecule has 2 aromatic rings. The molecule has 5 heteroatoms. The third-order valence-electron chi connectivity index (χ3n) is 4.61. The average molecular weight is 328 g/mol. The maximum atomic E-state index is 12.8. The number of rotatable bonds is 7. The summed E-state index contributed by atoms with van der Waals surface area (Å²) in [6, 6.07) is 9.58. The fraction of sp³-hybridized carbons (Fsp3) is 0.474. The number of hydrogen-bond acceptors (Lipinski definition) is 4. The van der Waals surface area contributed by atoms with Crippen LogP contribution >= 0.6 is 0 Å². The molecule has 0 atom stereocenters. The van der Waals surface area contributed by atoms with Crippen LogP contribution in [-0.4, -0.2) is 41.7 Å². The molecule has 0 amide bonds. The van der Waals surface area contributed by atoms with Gasteiger partial charge in [0.05, 0.1) is 5.52 Å². The van der Waals surface area contributed by atoms with Gasteiger partial charge in [0.15, 0.2) is 0 Å². The number of fused-ring (bicyclic) bond motifs is 1. The van der Waals surface area contributed by atoms with E-state index in [9.17, 15) is 9.59 Å². The van der Waals surface area contributed by atoms with Crippen molar-refractivity contribution in [2.45, 2.75) is 32.7 Å². The van der Waals surface area contributed by atoms with Gasteiger partial charge in [0.2, 0.25) is 0 Å². The van der Waals surface area contributed by atoms with Crippen molar-refractivity contribution in [3.05, 3.63) is 46.2 Å². The summed E-state index contributed by atoms with van der Waals surface area (Å²) in [4.78, 5) is 27.4. The van der Waals surface area contributed by atoms with Gasteiger partial charge in [0.1, 0.15) is 12.2 Å². The molecular formula is C19H24N2O3. The van der Waals surface area contributed by atoms with Gasteiger partial charge < -0.3 is 14.2 Å². The van der Waals surface area contributed by atoms with Gasteiger partial charge in [-0.05, 0) is 43.5 Å². The lowest BCUT2D eigenvalue weighted by Gasteiger charge is -2.17. The van der Waals surface area contributed by atoms with Crippen LogP contribution in [0.2, 0.25) is 0 Å². The molecule has 1 fully saturated rings. The predicted molar refractivity (Wildman–Crippen MR) is 94.5 cm³/mol. The molecule has 1 aromatic heterocycles. The normalized spacial score (nSPS) is 14.3. The number of hydrogen-bond donors (Lipinski definition) is 0. The second-order valence-electron chi connectivity index (χ2n) is 6.19. The molecule has 0 N–H and O–H groups in total. The number of carbonyl (C=O) groups is 1. The maximum absolute atomic E-state index is 12.8. The number of aromatic nitrogens is 1. The van der Waals surface area contributed by atoms with E-state index >= 15 is 0 Å². The highest BCUT2D eigenvalue weighted by atomic mass is 16.5. The Morgan fingerprint density at radius 2 is 1.96 bits per heavy atom. The van der Waals surface area contributed by atoms with Crippen LogP contribution in [0, 0.1) is 0 Å². The lowest BCUT2D eigenvalue weighted by Crippen LogP contribution is -2.30. The van der Waals surface area contributed by atoms with Crippen molar-refractivity contribution < 1.29 is 9.53 Å². The first-order valence-electron chi connectivity index (χ1n) is 8.69. The number of para-hydroxylation sites is 1. The molecule has 0 spiro atoms. The number of carbonyl (C=O) groups excluding carboxylic acids is 1. The van der Waals surface area contributed by atoms with Crippen LogP contribution in [0.3, 0.4) is 0 Å². The Kier molecular flexibility index (Phi) is 5.00. The Labute approximate surface area is 141 Å². The van der Waals surface area contributed by atoms with E-state index in [1.165, 1.54) is 0 Å². The summed E-state index contributed by atoms with van der Waals surface area (Å²) in [7, 11) is 0. The highest BCUT2D eigenvalue weighted by Gasteiger charge is 2.28. The minimum Gasteiger partial charge on any atom is -0.461 e. The van der Waals surface area contributed by atoms with E-state index < -0.39 is 5.97 Å². The first-order chi connectivity index (χ1) is 11.7.